The topological polar surface area (TPSA) is 26.3 Å². The van der Waals surface area contributed by atoms with Gasteiger partial charge < -0.3 is 4.74 Å². The standard InChI is InChI=1S/C11H16O2/c1-2-11-7-4-3-5-9(6-8-11)13-10(11)12/h3,5,9H,2,4,6-8H2,1H3/b5-3+. The minimum atomic E-state index is -0.152. The van der Waals surface area contributed by atoms with Crippen molar-refractivity contribution in [1.29, 1.82) is 0 Å². The fourth-order valence-corrected chi connectivity index (χ4v) is 2.31. The van der Waals surface area contributed by atoms with E-state index in [0.717, 1.165) is 32.1 Å². The first-order valence-corrected chi connectivity index (χ1v) is 5.14. The molecule has 0 amide bonds. The quantitative estimate of drug-likeness (QED) is 0.457. The number of carbonyl (C=O) groups is 1. The summed E-state index contributed by atoms with van der Waals surface area (Å²) in [7, 11) is 0. The molecule has 0 saturated carbocycles. The molecule has 2 bridgehead atoms. The SMILES string of the molecule is CCC12CC/C=C/C(CC1)OC2=O. The van der Waals surface area contributed by atoms with Crippen LogP contribution in [0, 0.1) is 5.41 Å². The Morgan fingerprint density at radius 3 is 3.15 bits per heavy atom. The average Bonchev–Trinajstić information content (AvgIpc) is 2.10. The summed E-state index contributed by atoms with van der Waals surface area (Å²) in [6.07, 6.45) is 9.19. The third-order valence-corrected chi connectivity index (χ3v) is 3.42. The minimum absolute atomic E-state index is 0.0376. The lowest BCUT2D eigenvalue weighted by Gasteiger charge is -2.38. The van der Waals surface area contributed by atoms with E-state index in [0.29, 0.717) is 0 Å². The molecule has 2 aliphatic heterocycles. The Balaban J connectivity index is 2.27. The molecule has 72 valence electrons. The molecular weight excluding hydrogens is 164 g/mol. The molecule has 0 aromatic rings. The van der Waals surface area contributed by atoms with E-state index in [1.165, 1.54) is 0 Å². The molecule has 0 aromatic carbocycles. The molecule has 3 rings (SSSR count). The van der Waals surface area contributed by atoms with E-state index in [9.17, 15) is 4.79 Å². The van der Waals surface area contributed by atoms with E-state index in [1.807, 2.05) is 6.08 Å². The van der Waals surface area contributed by atoms with Crippen LogP contribution in [0.3, 0.4) is 0 Å². The largest absolute Gasteiger partial charge is 0.458 e. The van der Waals surface area contributed by atoms with Gasteiger partial charge in [-0.1, -0.05) is 13.0 Å². The van der Waals surface area contributed by atoms with E-state index in [1.54, 1.807) is 0 Å². The maximum atomic E-state index is 11.7. The zero-order valence-electron chi connectivity index (χ0n) is 8.08. The maximum absolute atomic E-state index is 11.7. The molecule has 0 aromatic heterocycles. The van der Waals surface area contributed by atoms with Gasteiger partial charge in [0.1, 0.15) is 6.10 Å². The van der Waals surface area contributed by atoms with Crippen molar-refractivity contribution in [1.82, 2.24) is 0 Å². The zero-order chi connectivity index (χ0) is 9.31. The maximum Gasteiger partial charge on any atom is 0.312 e. The van der Waals surface area contributed by atoms with E-state index in [4.69, 9.17) is 4.74 Å². The van der Waals surface area contributed by atoms with Crippen molar-refractivity contribution in [2.45, 2.75) is 45.1 Å². The Kier molecular flexibility index (Phi) is 2.14. The molecular formula is C11H16O2. The van der Waals surface area contributed by atoms with Crippen molar-refractivity contribution >= 4 is 5.97 Å². The Labute approximate surface area is 79.0 Å². The van der Waals surface area contributed by atoms with Crippen LogP contribution >= 0.6 is 0 Å². The Morgan fingerprint density at radius 2 is 2.46 bits per heavy atom. The lowest BCUT2D eigenvalue weighted by atomic mass is 9.73. The predicted octanol–water partition coefficient (Wildman–Crippen LogP) is 2.44. The number of esters is 1. The Morgan fingerprint density at radius 1 is 1.62 bits per heavy atom. The first-order valence-electron chi connectivity index (χ1n) is 5.14. The van der Waals surface area contributed by atoms with Gasteiger partial charge in [-0.15, -0.1) is 0 Å². The van der Waals surface area contributed by atoms with Gasteiger partial charge in [0.25, 0.3) is 0 Å². The second-order valence-corrected chi connectivity index (χ2v) is 4.08. The van der Waals surface area contributed by atoms with E-state index in [-0.39, 0.29) is 17.5 Å². The van der Waals surface area contributed by atoms with Crippen LogP contribution in [0.25, 0.3) is 0 Å². The zero-order valence-corrected chi connectivity index (χ0v) is 8.08. The molecule has 3 aliphatic rings. The van der Waals surface area contributed by atoms with Gasteiger partial charge in [-0.05, 0) is 38.2 Å². The highest BCUT2D eigenvalue weighted by atomic mass is 16.5. The third kappa shape index (κ3) is 1.38. The van der Waals surface area contributed by atoms with Gasteiger partial charge in [0.2, 0.25) is 0 Å². The molecule has 1 aliphatic carbocycles. The van der Waals surface area contributed by atoms with Crippen molar-refractivity contribution in [3.8, 4) is 0 Å². The second kappa shape index (κ2) is 3.17. The van der Waals surface area contributed by atoms with Crippen LogP contribution in [0.1, 0.15) is 39.0 Å². The Bertz CT molecular complexity index is 244. The van der Waals surface area contributed by atoms with Crippen LogP contribution in [0.2, 0.25) is 0 Å². The number of ether oxygens (including phenoxy) is 1. The van der Waals surface area contributed by atoms with Crippen LogP contribution < -0.4 is 0 Å². The van der Waals surface area contributed by atoms with Crippen LogP contribution in [0.15, 0.2) is 12.2 Å². The number of carbonyl (C=O) groups excluding carboxylic acids is 1. The predicted molar refractivity (Wildman–Crippen MR) is 50.2 cm³/mol. The van der Waals surface area contributed by atoms with Crippen molar-refractivity contribution in [2.75, 3.05) is 0 Å². The van der Waals surface area contributed by atoms with Crippen LogP contribution in [0.5, 0.6) is 0 Å². The summed E-state index contributed by atoms with van der Waals surface area (Å²) < 4.78 is 5.36. The molecule has 2 unspecified atom stereocenters. The average molecular weight is 180 g/mol. The van der Waals surface area contributed by atoms with E-state index >= 15 is 0 Å². The number of fused-ring (bicyclic) bond motifs is 4. The summed E-state index contributed by atoms with van der Waals surface area (Å²) in [5.41, 5.74) is -0.152. The fraction of sp³-hybridized carbons (Fsp3) is 0.727. The molecule has 2 nitrogen and oxygen atoms in total. The first-order chi connectivity index (χ1) is 6.27. The minimum Gasteiger partial charge on any atom is -0.458 e. The summed E-state index contributed by atoms with van der Waals surface area (Å²) in [6.45, 7) is 2.09. The monoisotopic (exact) mass is 180 g/mol. The summed E-state index contributed by atoms with van der Waals surface area (Å²) in [5.74, 6) is 0.0376. The lowest BCUT2D eigenvalue weighted by Crippen LogP contribution is -2.41. The van der Waals surface area contributed by atoms with Crippen LogP contribution in [-0.4, -0.2) is 12.1 Å². The molecule has 1 fully saturated rings. The number of hydrogen-bond acceptors (Lipinski definition) is 2. The molecule has 1 saturated heterocycles. The van der Waals surface area contributed by atoms with Crippen molar-refractivity contribution in [3.05, 3.63) is 12.2 Å². The number of hydrogen-bond donors (Lipinski definition) is 0. The second-order valence-electron chi connectivity index (χ2n) is 4.08. The number of allylic oxidation sites excluding steroid dienone is 1. The van der Waals surface area contributed by atoms with Gasteiger partial charge in [0.05, 0.1) is 5.41 Å². The summed E-state index contributed by atoms with van der Waals surface area (Å²) in [5, 5.41) is 0. The van der Waals surface area contributed by atoms with Crippen molar-refractivity contribution in [3.63, 3.8) is 0 Å². The normalized spacial score (nSPS) is 40.7. The van der Waals surface area contributed by atoms with E-state index in [2.05, 4.69) is 13.0 Å². The van der Waals surface area contributed by atoms with E-state index < -0.39 is 0 Å². The van der Waals surface area contributed by atoms with Gasteiger partial charge in [0, 0.05) is 0 Å². The molecule has 2 heteroatoms. The molecule has 0 spiro atoms. The lowest BCUT2D eigenvalue weighted by molar-refractivity contribution is -0.168. The molecule has 0 N–H and O–H groups in total. The van der Waals surface area contributed by atoms with Gasteiger partial charge in [-0.25, -0.2) is 0 Å². The van der Waals surface area contributed by atoms with Gasteiger partial charge in [-0.3, -0.25) is 4.79 Å². The molecule has 0 radical (unpaired) electrons. The van der Waals surface area contributed by atoms with Crippen molar-refractivity contribution < 1.29 is 9.53 Å². The Hall–Kier alpha value is -0.790. The van der Waals surface area contributed by atoms with Crippen molar-refractivity contribution in [2.24, 2.45) is 5.41 Å². The molecule has 2 atom stereocenters. The number of rotatable bonds is 1. The van der Waals surface area contributed by atoms with Gasteiger partial charge in [0.15, 0.2) is 0 Å². The van der Waals surface area contributed by atoms with Crippen LogP contribution in [0.4, 0.5) is 0 Å². The fourth-order valence-electron chi connectivity index (χ4n) is 2.31. The van der Waals surface area contributed by atoms with Gasteiger partial charge >= 0.3 is 5.97 Å². The highest BCUT2D eigenvalue weighted by Crippen LogP contribution is 2.41. The van der Waals surface area contributed by atoms with Gasteiger partial charge in [-0.2, -0.15) is 0 Å². The first kappa shape index (κ1) is 8.79. The summed E-state index contributed by atoms with van der Waals surface area (Å²) in [6, 6.07) is 0. The third-order valence-electron chi connectivity index (χ3n) is 3.42. The smallest absolute Gasteiger partial charge is 0.312 e. The van der Waals surface area contributed by atoms with Crippen LogP contribution in [-0.2, 0) is 9.53 Å². The highest BCUT2D eigenvalue weighted by molar-refractivity contribution is 5.78. The molecule has 2 heterocycles. The summed E-state index contributed by atoms with van der Waals surface area (Å²) >= 11 is 0. The molecule has 13 heavy (non-hydrogen) atoms. The summed E-state index contributed by atoms with van der Waals surface area (Å²) in [4.78, 5) is 11.7. The highest BCUT2D eigenvalue weighted by Gasteiger charge is 2.42.